The second kappa shape index (κ2) is 5.11. The van der Waals surface area contributed by atoms with Crippen LogP contribution in [0.15, 0.2) is 35.6 Å². The Hall–Kier alpha value is -1.11. The fourth-order valence-electron chi connectivity index (χ4n) is 1.02. The molecule has 0 spiro atoms. The average Bonchev–Trinajstić information content (AvgIpc) is 2.76. The van der Waals surface area contributed by atoms with Crippen LogP contribution in [0.5, 0.6) is 0 Å². The molecular weight excluding hydrogens is 228 g/mol. The van der Waals surface area contributed by atoms with Gasteiger partial charge in [-0.2, -0.15) is 0 Å². The number of hydrogen-bond acceptors (Lipinski definition) is 6. The van der Waals surface area contributed by atoms with Gasteiger partial charge in [0.05, 0.1) is 5.03 Å². The van der Waals surface area contributed by atoms with Gasteiger partial charge < -0.3 is 0 Å². The monoisotopic (exact) mass is 238 g/mol. The van der Waals surface area contributed by atoms with Gasteiger partial charge >= 0.3 is 0 Å². The van der Waals surface area contributed by atoms with E-state index in [9.17, 15) is 0 Å². The quantitative estimate of drug-likeness (QED) is 0.485. The number of thioether (sulfide) groups is 1. The molecule has 2 rings (SSSR count). The number of anilines is 1. The van der Waals surface area contributed by atoms with Crippen molar-refractivity contribution in [3.05, 3.63) is 35.5 Å². The van der Waals surface area contributed by atoms with Crippen molar-refractivity contribution in [2.24, 2.45) is 5.84 Å². The topological polar surface area (TPSA) is 63.8 Å². The molecular formula is C9H10N4S2. The molecule has 15 heavy (non-hydrogen) atoms. The van der Waals surface area contributed by atoms with Crippen LogP contribution in [0.4, 0.5) is 5.13 Å². The van der Waals surface area contributed by atoms with Crippen molar-refractivity contribution < 1.29 is 0 Å². The number of aromatic nitrogens is 2. The van der Waals surface area contributed by atoms with Crippen molar-refractivity contribution in [1.29, 1.82) is 0 Å². The standard InChI is InChI=1S/C9H10N4S2/c10-13-9-12-5-7(15-9)6-14-8-3-1-2-4-11-8/h1-5H,6,10H2,(H,12,13). The van der Waals surface area contributed by atoms with Crippen molar-refractivity contribution >= 4 is 28.2 Å². The minimum atomic E-state index is 0.742. The molecule has 0 bridgehead atoms. The molecule has 6 heteroatoms. The molecule has 4 nitrogen and oxygen atoms in total. The van der Waals surface area contributed by atoms with Crippen LogP contribution in [-0.4, -0.2) is 9.97 Å². The van der Waals surface area contributed by atoms with E-state index in [-0.39, 0.29) is 0 Å². The Morgan fingerprint density at radius 2 is 2.33 bits per heavy atom. The molecule has 0 saturated heterocycles. The van der Waals surface area contributed by atoms with Crippen molar-refractivity contribution in [3.63, 3.8) is 0 Å². The highest BCUT2D eigenvalue weighted by molar-refractivity contribution is 7.98. The number of thiazole rings is 1. The number of rotatable bonds is 4. The Morgan fingerprint density at radius 1 is 1.40 bits per heavy atom. The first-order valence-corrected chi connectivity index (χ1v) is 6.14. The van der Waals surface area contributed by atoms with Gasteiger partial charge in [0, 0.05) is 23.0 Å². The van der Waals surface area contributed by atoms with E-state index in [1.807, 2.05) is 24.4 Å². The minimum Gasteiger partial charge on any atom is -0.300 e. The molecule has 0 atom stereocenters. The molecule has 0 aliphatic rings. The second-order valence-corrected chi connectivity index (χ2v) is 4.84. The average molecular weight is 238 g/mol. The lowest BCUT2D eigenvalue weighted by atomic mass is 10.5. The highest BCUT2D eigenvalue weighted by atomic mass is 32.2. The Kier molecular flexibility index (Phi) is 3.54. The summed E-state index contributed by atoms with van der Waals surface area (Å²) in [5, 5.41) is 1.76. The summed E-state index contributed by atoms with van der Waals surface area (Å²) in [4.78, 5) is 9.50. The summed E-state index contributed by atoms with van der Waals surface area (Å²) in [5.41, 5.74) is 2.53. The molecule has 0 aliphatic carbocycles. The summed E-state index contributed by atoms with van der Waals surface area (Å²) in [6.07, 6.45) is 3.62. The molecule has 78 valence electrons. The first kappa shape index (κ1) is 10.4. The van der Waals surface area contributed by atoms with E-state index < -0.39 is 0 Å². The SMILES string of the molecule is NNc1ncc(CSc2ccccn2)s1. The number of nitrogens with two attached hydrogens (primary N) is 1. The summed E-state index contributed by atoms with van der Waals surface area (Å²) in [7, 11) is 0. The largest absolute Gasteiger partial charge is 0.300 e. The fourth-order valence-corrected chi connectivity index (χ4v) is 2.62. The molecule has 0 saturated carbocycles. The summed E-state index contributed by atoms with van der Waals surface area (Å²) in [6.45, 7) is 0. The number of pyridine rings is 1. The Balaban J connectivity index is 1.93. The number of nitrogen functional groups attached to an aromatic ring is 1. The van der Waals surface area contributed by atoms with Crippen molar-refractivity contribution in [1.82, 2.24) is 9.97 Å². The Morgan fingerprint density at radius 3 is 3.00 bits per heavy atom. The van der Waals surface area contributed by atoms with Gasteiger partial charge in [-0.05, 0) is 12.1 Å². The van der Waals surface area contributed by atoms with Crippen molar-refractivity contribution in [2.75, 3.05) is 5.43 Å². The fraction of sp³-hybridized carbons (Fsp3) is 0.111. The maximum atomic E-state index is 5.25. The van der Waals surface area contributed by atoms with Crippen LogP contribution < -0.4 is 11.3 Å². The number of nitrogens with zero attached hydrogens (tertiary/aromatic N) is 2. The predicted octanol–water partition coefficient (Wildman–Crippen LogP) is 2.12. The van der Waals surface area contributed by atoms with E-state index in [0.717, 1.165) is 15.9 Å². The first-order chi connectivity index (χ1) is 7.38. The highest BCUT2D eigenvalue weighted by Crippen LogP contribution is 2.25. The van der Waals surface area contributed by atoms with E-state index in [1.165, 1.54) is 4.88 Å². The normalized spacial score (nSPS) is 10.2. The van der Waals surface area contributed by atoms with Crippen LogP contribution in [-0.2, 0) is 5.75 Å². The number of nitrogens with one attached hydrogen (secondary N) is 1. The molecule has 0 aromatic carbocycles. The smallest absolute Gasteiger partial charge is 0.197 e. The number of hydrogen-bond donors (Lipinski definition) is 2. The molecule has 0 amide bonds. The maximum Gasteiger partial charge on any atom is 0.197 e. The van der Waals surface area contributed by atoms with E-state index in [1.54, 1.807) is 29.3 Å². The molecule has 0 unspecified atom stereocenters. The highest BCUT2D eigenvalue weighted by Gasteiger charge is 2.01. The molecule has 0 aliphatic heterocycles. The van der Waals surface area contributed by atoms with Crippen LogP contribution in [0, 0.1) is 0 Å². The Bertz CT molecular complexity index is 415. The molecule has 2 heterocycles. The van der Waals surface area contributed by atoms with Crippen molar-refractivity contribution in [3.8, 4) is 0 Å². The first-order valence-electron chi connectivity index (χ1n) is 4.33. The molecule has 2 aromatic heterocycles. The van der Waals surface area contributed by atoms with E-state index in [0.29, 0.717) is 0 Å². The summed E-state index contributed by atoms with van der Waals surface area (Å²) in [5.74, 6) is 6.12. The summed E-state index contributed by atoms with van der Waals surface area (Å²) < 4.78 is 0. The van der Waals surface area contributed by atoms with Gasteiger partial charge in [-0.1, -0.05) is 6.07 Å². The summed E-state index contributed by atoms with van der Waals surface area (Å²) >= 11 is 3.24. The minimum absolute atomic E-state index is 0.742. The van der Waals surface area contributed by atoms with Gasteiger partial charge in [0.2, 0.25) is 0 Å². The van der Waals surface area contributed by atoms with Gasteiger partial charge in [0.1, 0.15) is 0 Å². The lowest BCUT2D eigenvalue weighted by molar-refractivity contribution is 1.13. The van der Waals surface area contributed by atoms with Gasteiger partial charge in [-0.25, -0.2) is 15.8 Å². The van der Waals surface area contributed by atoms with E-state index >= 15 is 0 Å². The zero-order valence-corrected chi connectivity index (χ0v) is 9.52. The van der Waals surface area contributed by atoms with Crippen LogP contribution in [0.3, 0.4) is 0 Å². The predicted molar refractivity (Wildman–Crippen MR) is 63.7 cm³/mol. The molecule has 2 aromatic rings. The molecule has 0 radical (unpaired) electrons. The van der Waals surface area contributed by atoms with Crippen LogP contribution in [0.25, 0.3) is 0 Å². The number of hydrazine groups is 1. The van der Waals surface area contributed by atoms with Crippen molar-refractivity contribution in [2.45, 2.75) is 10.8 Å². The lowest BCUT2D eigenvalue weighted by Gasteiger charge is -1.96. The molecule has 3 N–H and O–H groups in total. The van der Waals surface area contributed by atoms with Crippen LogP contribution in [0.2, 0.25) is 0 Å². The third-order valence-corrected chi connectivity index (χ3v) is 3.78. The molecule has 0 fully saturated rings. The second-order valence-electron chi connectivity index (χ2n) is 2.73. The zero-order chi connectivity index (χ0) is 10.5. The van der Waals surface area contributed by atoms with Gasteiger partial charge in [0.15, 0.2) is 5.13 Å². The van der Waals surface area contributed by atoms with Gasteiger partial charge in [0.25, 0.3) is 0 Å². The van der Waals surface area contributed by atoms with Gasteiger partial charge in [-0.3, -0.25) is 5.43 Å². The zero-order valence-electron chi connectivity index (χ0n) is 7.88. The van der Waals surface area contributed by atoms with E-state index in [2.05, 4.69) is 15.4 Å². The lowest BCUT2D eigenvalue weighted by Crippen LogP contribution is -2.05. The van der Waals surface area contributed by atoms with E-state index in [4.69, 9.17) is 5.84 Å². The summed E-state index contributed by atoms with van der Waals surface area (Å²) in [6, 6.07) is 5.88. The van der Waals surface area contributed by atoms with Gasteiger partial charge in [-0.15, -0.1) is 23.1 Å². The van der Waals surface area contributed by atoms with Crippen LogP contribution >= 0.6 is 23.1 Å². The van der Waals surface area contributed by atoms with Crippen LogP contribution in [0.1, 0.15) is 4.88 Å². The third-order valence-electron chi connectivity index (χ3n) is 1.68. The maximum absolute atomic E-state index is 5.25. The Labute approximate surface area is 95.9 Å². The third kappa shape index (κ3) is 2.92.